The van der Waals surface area contributed by atoms with Crippen molar-refractivity contribution in [2.45, 2.75) is 26.6 Å². The van der Waals surface area contributed by atoms with E-state index < -0.39 is 8.24 Å². The van der Waals surface area contributed by atoms with Gasteiger partial charge in [0.15, 0.2) is 0 Å². The second-order valence-corrected chi connectivity index (χ2v) is 8.66. The number of hydrogen-bond acceptors (Lipinski definition) is 2. The van der Waals surface area contributed by atoms with E-state index in [4.69, 9.17) is 5.26 Å². The van der Waals surface area contributed by atoms with Gasteiger partial charge in [0.2, 0.25) is 0 Å². The minimum Gasteiger partial charge on any atom is -0.403 e. The summed E-state index contributed by atoms with van der Waals surface area (Å²) in [5.41, 5.74) is 1.06. The summed E-state index contributed by atoms with van der Waals surface area (Å²) in [4.78, 5) is 0. The second-order valence-electron chi connectivity index (χ2n) is 3.64. The predicted octanol–water partition coefficient (Wildman–Crippen LogP) is 2.18. The Morgan fingerprint density at radius 2 is 1.91 bits per heavy atom. The predicted molar refractivity (Wildman–Crippen MR) is 50.5 cm³/mol. The maximum absolute atomic E-state index is 8.41. The molecule has 0 aliphatic heterocycles. The first-order valence-electron chi connectivity index (χ1n) is 3.70. The molecule has 2 nitrogen and oxygen atoms in total. The highest BCUT2D eigenvalue weighted by Crippen LogP contribution is 2.12. The number of nitriles is 1. The van der Waals surface area contributed by atoms with Gasteiger partial charge >= 0.3 is 0 Å². The van der Waals surface area contributed by atoms with E-state index in [-0.39, 0.29) is 0 Å². The number of hydrogen-bond donors (Lipinski definition) is 0. The van der Waals surface area contributed by atoms with Gasteiger partial charge in [-0.05, 0) is 14.0 Å². The van der Waals surface area contributed by atoms with Crippen molar-refractivity contribution in [3.63, 3.8) is 0 Å². The lowest BCUT2D eigenvalue weighted by Gasteiger charge is -2.32. The molecule has 0 fully saturated rings. The van der Waals surface area contributed by atoms with Gasteiger partial charge in [-0.3, -0.25) is 0 Å². The highest BCUT2D eigenvalue weighted by Gasteiger charge is 2.19. The molecule has 0 saturated heterocycles. The molecule has 0 aromatic carbocycles. The average Bonchev–Trinajstić information content (AvgIpc) is 1.85. The lowest BCUT2D eigenvalue weighted by molar-refractivity contribution is 0.632. The lowest BCUT2D eigenvalue weighted by Crippen LogP contribution is -2.41. The minimum atomic E-state index is -1.25. The molecular formula is C8H16N2Si. The van der Waals surface area contributed by atoms with Crippen LogP contribution in [0, 0.1) is 11.3 Å². The monoisotopic (exact) mass is 168 g/mol. The Balaban J connectivity index is 4.40. The standard InChI is InChI=1S/C8H16N2Si/c1-8(6-7-9)10(2)11(3,4)5/h6H,1-5H3. The van der Waals surface area contributed by atoms with Gasteiger partial charge in [0.25, 0.3) is 0 Å². The van der Waals surface area contributed by atoms with Crippen LogP contribution in [0.25, 0.3) is 0 Å². The fraction of sp³-hybridized carbons (Fsp3) is 0.625. The van der Waals surface area contributed by atoms with Crippen LogP contribution in [-0.4, -0.2) is 19.8 Å². The molecule has 3 heteroatoms. The molecule has 0 spiro atoms. The summed E-state index contributed by atoms with van der Waals surface area (Å²) >= 11 is 0. The van der Waals surface area contributed by atoms with Crippen molar-refractivity contribution < 1.29 is 0 Å². The van der Waals surface area contributed by atoms with Gasteiger partial charge in [0.05, 0.1) is 6.07 Å². The maximum Gasteiger partial charge on any atom is 0.146 e. The van der Waals surface area contributed by atoms with E-state index in [2.05, 4.69) is 31.3 Å². The van der Waals surface area contributed by atoms with E-state index >= 15 is 0 Å². The van der Waals surface area contributed by atoms with Crippen LogP contribution in [0.4, 0.5) is 0 Å². The van der Waals surface area contributed by atoms with Gasteiger partial charge in [-0.15, -0.1) is 0 Å². The molecule has 0 heterocycles. The topological polar surface area (TPSA) is 27.0 Å². The van der Waals surface area contributed by atoms with Gasteiger partial charge in [0.1, 0.15) is 8.24 Å². The maximum atomic E-state index is 8.41. The molecule has 0 aliphatic rings. The van der Waals surface area contributed by atoms with Crippen molar-refractivity contribution >= 4 is 8.24 Å². The zero-order valence-electron chi connectivity index (χ0n) is 7.97. The summed E-state index contributed by atoms with van der Waals surface area (Å²) in [7, 11) is 0.804. The third-order valence-electron chi connectivity index (χ3n) is 1.81. The fourth-order valence-electron chi connectivity index (χ4n) is 0.719. The molecule has 0 unspecified atom stereocenters. The Bertz CT molecular complexity index is 195. The van der Waals surface area contributed by atoms with Gasteiger partial charge in [-0.1, -0.05) is 19.6 Å². The zero-order valence-corrected chi connectivity index (χ0v) is 8.97. The third-order valence-corrected chi connectivity index (χ3v) is 4.17. The first-order valence-corrected chi connectivity index (χ1v) is 7.14. The molecule has 0 rings (SSSR count). The smallest absolute Gasteiger partial charge is 0.146 e. The summed E-state index contributed by atoms with van der Waals surface area (Å²) in [6.07, 6.45) is 1.60. The minimum absolute atomic E-state index is 1.06. The Labute approximate surface area is 70.2 Å². The fourth-order valence-corrected chi connectivity index (χ4v) is 1.84. The second kappa shape index (κ2) is 3.58. The van der Waals surface area contributed by atoms with Crippen molar-refractivity contribution in [3.8, 4) is 6.07 Å². The van der Waals surface area contributed by atoms with Crippen LogP contribution in [0.2, 0.25) is 19.6 Å². The first-order chi connectivity index (χ1) is 4.89. The van der Waals surface area contributed by atoms with Crippen molar-refractivity contribution in [3.05, 3.63) is 11.8 Å². The van der Waals surface area contributed by atoms with Crippen LogP contribution in [0.15, 0.2) is 11.8 Å². The van der Waals surface area contributed by atoms with Gasteiger partial charge in [-0.2, -0.15) is 5.26 Å². The van der Waals surface area contributed by atoms with Crippen molar-refractivity contribution in [2.75, 3.05) is 7.05 Å². The van der Waals surface area contributed by atoms with E-state index in [1.165, 1.54) is 0 Å². The lowest BCUT2D eigenvalue weighted by atomic mass is 10.5. The van der Waals surface area contributed by atoms with Crippen LogP contribution in [0.3, 0.4) is 0 Å². The van der Waals surface area contributed by atoms with E-state index in [1.807, 2.05) is 13.0 Å². The molecule has 0 N–H and O–H groups in total. The first kappa shape index (κ1) is 10.2. The largest absolute Gasteiger partial charge is 0.403 e. The summed E-state index contributed by atoms with van der Waals surface area (Å²) in [5, 5.41) is 8.41. The molecule has 0 aromatic heterocycles. The summed E-state index contributed by atoms with van der Waals surface area (Å²) in [6, 6.07) is 2.04. The Hall–Kier alpha value is -0.753. The molecular weight excluding hydrogens is 152 g/mol. The Morgan fingerprint density at radius 1 is 1.45 bits per heavy atom. The number of allylic oxidation sites excluding steroid dienone is 2. The van der Waals surface area contributed by atoms with E-state index in [1.54, 1.807) is 6.08 Å². The molecule has 0 aromatic rings. The molecule has 0 amide bonds. The zero-order chi connectivity index (χ0) is 9.07. The molecule has 0 atom stereocenters. The highest BCUT2D eigenvalue weighted by atomic mass is 28.3. The molecule has 11 heavy (non-hydrogen) atoms. The number of nitrogens with zero attached hydrogens (tertiary/aromatic N) is 2. The van der Waals surface area contributed by atoms with Crippen LogP contribution < -0.4 is 0 Å². The highest BCUT2D eigenvalue weighted by molar-refractivity contribution is 6.73. The van der Waals surface area contributed by atoms with E-state index in [0.717, 1.165) is 5.70 Å². The van der Waals surface area contributed by atoms with Crippen LogP contribution >= 0.6 is 0 Å². The molecule has 0 bridgehead atoms. The third kappa shape index (κ3) is 3.24. The van der Waals surface area contributed by atoms with E-state index in [9.17, 15) is 0 Å². The summed E-state index contributed by atoms with van der Waals surface area (Å²) in [5.74, 6) is 0. The van der Waals surface area contributed by atoms with Gasteiger partial charge in [-0.25, -0.2) is 0 Å². The van der Waals surface area contributed by atoms with Crippen LogP contribution in [0.5, 0.6) is 0 Å². The Morgan fingerprint density at radius 3 is 2.18 bits per heavy atom. The normalized spacial score (nSPS) is 12.5. The summed E-state index contributed by atoms with van der Waals surface area (Å²) < 4.78 is 2.22. The van der Waals surface area contributed by atoms with Crippen LogP contribution in [-0.2, 0) is 0 Å². The average molecular weight is 168 g/mol. The SMILES string of the molecule is CC(=CC#N)N(C)[Si](C)(C)C. The van der Waals surface area contributed by atoms with Crippen molar-refractivity contribution in [1.82, 2.24) is 4.57 Å². The van der Waals surface area contributed by atoms with Gasteiger partial charge < -0.3 is 4.57 Å². The molecule has 0 radical (unpaired) electrons. The van der Waals surface area contributed by atoms with Crippen molar-refractivity contribution in [2.24, 2.45) is 0 Å². The molecule has 0 saturated carbocycles. The van der Waals surface area contributed by atoms with Crippen LogP contribution in [0.1, 0.15) is 6.92 Å². The summed E-state index contributed by atoms with van der Waals surface area (Å²) in [6.45, 7) is 8.73. The van der Waals surface area contributed by atoms with Crippen molar-refractivity contribution in [1.29, 1.82) is 5.26 Å². The Kier molecular flexibility index (Phi) is 3.34. The molecule has 62 valence electrons. The quantitative estimate of drug-likeness (QED) is 0.467. The van der Waals surface area contributed by atoms with E-state index in [0.29, 0.717) is 0 Å². The van der Waals surface area contributed by atoms with Gasteiger partial charge in [0, 0.05) is 11.8 Å². The number of rotatable bonds is 2. The molecule has 0 aliphatic carbocycles.